The van der Waals surface area contributed by atoms with Crippen LogP contribution in [-0.4, -0.2) is 47.8 Å². The molecule has 8 nitrogen and oxygen atoms in total. The summed E-state index contributed by atoms with van der Waals surface area (Å²) in [7, 11) is 3.34. The van der Waals surface area contributed by atoms with Crippen molar-refractivity contribution in [1.82, 2.24) is 15.1 Å². The SMILES string of the molecule is CCOc1cc(/C=C/c2n[nH]c(=O)c(C#N)c2C)ccc1O[C@H](C)C(=O)N(C)C. The zero-order chi connectivity index (χ0) is 21.6. The van der Waals surface area contributed by atoms with Gasteiger partial charge >= 0.3 is 0 Å². The molecule has 1 atom stereocenters. The minimum absolute atomic E-state index is 0.0398. The van der Waals surface area contributed by atoms with Gasteiger partial charge in [0.25, 0.3) is 11.5 Å². The Bertz CT molecular complexity index is 1020. The molecule has 2 rings (SSSR count). The largest absolute Gasteiger partial charge is 0.490 e. The van der Waals surface area contributed by atoms with Gasteiger partial charge in [-0.05, 0) is 50.1 Å². The highest BCUT2D eigenvalue weighted by Crippen LogP contribution is 2.30. The van der Waals surface area contributed by atoms with E-state index in [4.69, 9.17) is 14.7 Å². The third kappa shape index (κ3) is 5.23. The van der Waals surface area contributed by atoms with Crippen LogP contribution in [0, 0.1) is 18.3 Å². The Kier molecular flexibility index (Phi) is 7.15. The molecule has 0 bridgehead atoms. The van der Waals surface area contributed by atoms with Gasteiger partial charge in [0.2, 0.25) is 0 Å². The summed E-state index contributed by atoms with van der Waals surface area (Å²) in [5, 5.41) is 15.4. The van der Waals surface area contributed by atoms with Crippen molar-refractivity contribution >= 4 is 18.1 Å². The van der Waals surface area contributed by atoms with Crippen LogP contribution in [0.2, 0.25) is 0 Å². The summed E-state index contributed by atoms with van der Waals surface area (Å²) in [6, 6.07) is 7.22. The van der Waals surface area contributed by atoms with Gasteiger partial charge in [0.1, 0.15) is 11.6 Å². The fraction of sp³-hybridized carbons (Fsp3) is 0.333. The Morgan fingerprint density at radius 3 is 2.69 bits per heavy atom. The molecular weight excluding hydrogens is 372 g/mol. The molecule has 0 aliphatic carbocycles. The number of likely N-dealkylation sites (N-methyl/N-ethyl adjacent to an activating group) is 1. The van der Waals surface area contributed by atoms with E-state index in [1.165, 1.54) is 4.90 Å². The second-order valence-electron chi connectivity index (χ2n) is 6.52. The number of aromatic nitrogens is 2. The topological polar surface area (TPSA) is 108 Å². The van der Waals surface area contributed by atoms with E-state index in [-0.39, 0.29) is 11.5 Å². The lowest BCUT2D eigenvalue weighted by molar-refractivity contribution is -0.135. The van der Waals surface area contributed by atoms with Gasteiger partial charge in [-0.25, -0.2) is 5.10 Å². The molecule has 0 aliphatic rings. The minimum atomic E-state index is -0.650. The summed E-state index contributed by atoms with van der Waals surface area (Å²) >= 11 is 0. The second-order valence-corrected chi connectivity index (χ2v) is 6.52. The van der Waals surface area contributed by atoms with Gasteiger partial charge in [0.05, 0.1) is 12.3 Å². The summed E-state index contributed by atoms with van der Waals surface area (Å²) in [5.74, 6) is 0.832. The summed E-state index contributed by atoms with van der Waals surface area (Å²) in [5.41, 5.74) is 1.33. The number of benzene rings is 1. The van der Waals surface area contributed by atoms with Crippen molar-refractivity contribution in [3.8, 4) is 17.6 Å². The van der Waals surface area contributed by atoms with Crippen LogP contribution in [0.25, 0.3) is 12.2 Å². The first kappa shape index (κ1) is 21.7. The third-order valence-electron chi connectivity index (χ3n) is 4.17. The fourth-order valence-corrected chi connectivity index (χ4v) is 2.62. The molecule has 152 valence electrons. The molecular formula is C21H24N4O4. The summed E-state index contributed by atoms with van der Waals surface area (Å²) in [6.45, 7) is 5.65. The molecule has 8 heteroatoms. The van der Waals surface area contributed by atoms with E-state index in [1.807, 2.05) is 19.1 Å². The number of nitrogens with zero attached hydrogens (tertiary/aromatic N) is 3. The Hall–Kier alpha value is -3.60. The van der Waals surface area contributed by atoms with Gasteiger partial charge in [-0.1, -0.05) is 12.1 Å². The molecule has 0 saturated heterocycles. The maximum atomic E-state index is 12.0. The predicted molar refractivity (Wildman–Crippen MR) is 110 cm³/mol. The van der Waals surface area contributed by atoms with Gasteiger partial charge in [-0.2, -0.15) is 10.4 Å². The number of carbonyl (C=O) groups excluding carboxylic acids is 1. The van der Waals surface area contributed by atoms with Gasteiger partial charge < -0.3 is 14.4 Å². The molecule has 1 aromatic carbocycles. The first-order valence-electron chi connectivity index (χ1n) is 9.10. The monoisotopic (exact) mass is 396 g/mol. The highest BCUT2D eigenvalue weighted by Gasteiger charge is 2.18. The van der Waals surface area contributed by atoms with Crippen molar-refractivity contribution in [3.05, 3.63) is 50.9 Å². The Morgan fingerprint density at radius 1 is 1.34 bits per heavy atom. The van der Waals surface area contributed by atoms with Crippen molar-refractivity contribution in [2.45, 2.75) is 26.9 Å². The number of rotatable bonds is 7. The van der Waals surface area contributed by atoms with Crippen LogP contribution in [0.1, 0.15) is 36.2 Å². The van der Waals surface area contributed by atoms with Crippen LogP contribution in [0.15, 0.2) is 23.0 Å². The molecule has 0 fully saturated rings. The predicted octanol–water partition coefficient (Wildman–Crippen LogP) is 2.37. The zero-order valence-corrected chi connectivity index (χ0v) is 17.1. The number of H-pyrrole nitrogens is 1. The molecule has 1 aromatic heterocycles. The number of hydrogen-bond donors (Lipinski definition) is 1. The Balaban J connectivity index is 2.31. The van der Waals surface area contributed by atoms with Gasteiger partial charge in [-0.3, -0.25) is 9.59 Å². The van der Waals surface area contributed by atoms with E-state index in [0.717, 1.165) is 5.56 Å². The van der Waals surface area contributed by atoms with Gasteiger partial charge in [0, 0.05) is 14.1 Å². The van der Waals surface area contributed by atoms with Crippen LogP contribution in [0.5, 0.6) is 11.5 Å². The standard InChI is InChI=1S/C21H24N4O4/c1-6-28-19-11-15(8-10-18(19)29-14(3)21(27)25(4)5)7-9-17-13(2)16(12-22)20(26)24-23-17/h7-11,14H,6H2,1-5H3,(H,24,26)/b9-7+/t14-/m1/s1. The molecule has 29 heavy (non-hydrogen) atoms. The van der Waals surface area contributed by atoms with E-state index in [9.17, 15) is 9.59 Å². The van der Waals surface area contributed by atoms with Crippen LogP contribution < -0.4 is 15.0 Å². The lowest BCUT2D eigenvalue weighted by atomic mass is 10.1. The van der Waals surface area contributed by atoms with E-state index in [1.54, 1.807) is 52.2 Å². The molecule has 1 heterocycles. The molecule has 0 saturated carbocycles. The average molecular weight is 396 g/mol. The van der Waals surface area contributed by atoms with Crippen LogP contribution in [-0.2, 0) is 4.79 Å². The molecule has 2 aromatic rings. The second kappa shape index (κ2) is 9.55. The van der Waals surface area contributed by atoms with Crippen LogP contribution in [0.3, 0.4) is 0 Å². The van der Waals surface area contributed by atoms with Crippen molar-refractivity contribution in [2.24, 2.45) is 0 Å². The smallest absolute Gasteiger partial charge is 0.282 e. The third-order valence-corrected chi connectivity index (χ3v) is 4.17. The van der Waals surface area contributed by atoms with Crippen molar-refractivity contribution < 1.29 is 14.3 Å². The molecule has 1 N–H and O–H groups in total. The molecule has 0 aliphatic heterocycles. The lowest BCUT2D eigenvalue weighted by Gasteiger charge is -2.20. The molecule has 0 spiro atoms. The van der Waals surface area contributed by atoms with Crippen LogP contribution >= 0.6 is 0 Å². The minimum Gasteiger partial charge on any atom is -0.490 e. The number of nitrogens with one attached hydrogen (secondary N) is 1. The van der Waals surface area contributed by atoms with Gasteiger partial charge in [0.15, 0.2) is 17.6 Å². The average Bonchev–Trinajstić information content (AvgIpc) is 2.69. The summed E-state index contributed by atoms with van der Waals surface area (Å²) in [6.07, 6.45) is 2.84. The van der Waals surface area contributed by atoms with Crippen LogP contribution in [0.4, 0.5) is 0 Å². The first-order chi connectivity index (χ1) is 13.8. The van der Waals surface area contributed by atoms with Crippen molar-refractivity contribution in [1.29, 1.82) is 5.26 Å². The number of aromatic amines is 1. The van der Waals surface area contributed by atoms with Gasteiger partial charge in [-0.15, -0.1) is 0 Å². The number of ether oxygens (including phenoxy) is 2. The van der Waals surface area contributed by atoms with E-state index in [0.29, 0.717) is 29.4 Å². The highest BCUT2D eigenvalue weighted by molar-refractivity contribution is 5.80. The summed E-state index contributed by atoms with van der Waals surface area (Å²) in [4.78, 5) is 25.1. The quantitative estimate of drug-likeness (QED) is 0.770. The van der Waals surface area contributed by atoms with E-state index < -0.39 is 11.7 Å². The van der Waals surface area contributed by atoms with Crippen molar-refractivity contribution in [3.63, 3.8) is 0 Å². The fourth-order valence-electron chi connectivity index (χ4n) is 2.62. The zero-order valence-electron chi connectivity index (χ0n) is 17.1. The maximum absolute atomic E-state index is 12.0. The molecule has 1 amide bonds. The number of hydrogen-bond acceptors (Lipinski definition) is 6. The number of amides is 1. The number of carbonyl (C=O) groups is 1. The Morgan fingerprint density at radius 2 is 2.07 bits per heavy atom. The molecule has 0 unspecified atom stereocenters. The van der Waals surface area contributed by atoms with Crippen molar-refractivity contribution in [2.75, 3.05) is 20.7 Å². The maximum Gasteiger partial charge on any atom is 0.282 e. The highest BCUT2D eigenvalue weighted by atomic mass is 16.5. The Labute approximate surface area is 169 Å². The van der Waals surface area contributed by atoms with E-state index in [2.05, 4.69) is 10.2 Å². The van der Waals surface area contributed by atoms with E-state index >= 15 is 0 Å². The summed E-state index contributed by atoms with van der Waals surface area (Å²) < 4.78 is 11.4. The first-order valence-corrected chi connectivity index (χ1v) is 9.10. The number of nitriles is 1. The molecule has 0 radical (unpaired) electrons. The normalized spacial score (nSPS) is 11.7. The lowest BCUT2D eigenvalue weighted by Crippen LogP contribution is -2.35.